The summed E-state index contributed by atoms with van der Waals surface area (Å²) in [5, 5.41) is 6.04. The summed E-state index contributed by atoms with van der Waals surface area (Å²) in [6.45, 7) is 3.83. The number of nitrogens with one attached hydrogen (secondary N) is 2. The summed E-state index contributed by atoms with van der Waals surface area (Å²) in [4.78, 5) is 26.3. The van der Waals surface area contributed by atoms with E-state index in [-0.39, 0.29) is 23.9 Å². The van der Waals surface area contributed by atoms with Crippen LogP contribution in [0, 0.1) is 5.92 Å². The van der Waals surface area contributed by atoms with Crippen molar-refractivity contribution in [2.24, 2.45) is 11.7 Å². The van der Waals surface area contributed by atoms with Crippen LogP contribution in [0.15, 0.2) is 0 Å². The van der Waals surface area contributed by atoms with Crippen molar-refractivity contribution in [2.75, 3.05) is 19.6 Å². The first kappa shape index (κ1) is 17.1. The number of rotatable bonds is 5. The predicted octanol–water partition coefficient (Wildman–Crippen LogP) is 1.20. The summed E-state index contributed by atoms with van der Waals surface area (Å²) in [5.74, 6) is -0.0322. The maximum absolute atomic E-state index is 12.3. The molecule has 1 aliphatic carbocycles. The third-order valence-electron chi connectivity index (χ3n) is 4.66. The molecule has 126 valence electrons. The molecule has 1 saturated heterocycles. The standard InChI is InChI=1S/C16H30N4O2/c1-12(17)8-9-18-15(21)13-5-4-10-20(11-13)16(22)19-14-6-2-3-7-14/h12-14H,2-11,17H2,1H3,(H,18,21)(H,19,22). The van der Waals surface area contributed by atoms with Crippen LogP contribution in [-0.4, -0.2) is 48.6 Å². The number of urea groups is 1. The molecule has 4 N–H and O–H groups in total. The Kier molecular flexibility index (Phi) is 6.49. The molecule has 2 rings (SSSR count). The lowest BCUT2D eigenvalue weighted by atomic mass is 9.97. The zero-order valence-electron chi connectivity index (χ0n) is 13.6. The third kappa shape index (κ3) is 5.16. The van der Waals surface area contributed by atoms with E-state index in [0.29, 0.717) is 19.1 Å². The van der Waals surface area contributed by atoms with Crippen molar-refractivity contribution in [2.45, 2.75) is 64.0 Å². The Morgan fingerprint density at radius 2 is 1.95 bits per heavy atom. The van der Waals surface area contributed by atoms with Crippen LogP contribution in [0.4, 0.5) is 4.79 Å². The minimum Gasteiger partial charge on any atom is -0.356 e. The van der Waals surface area contributed by atoms with Crippen LogP contribution in [0.25, 0.3) is 0 Å². The number of hydrogen-bond acceptors (Lipinski definition) is 3. The zero-order valence-corrected chi connectivity index (χ0v) is 13.6. The van der Waals surface area contributed by atoms with Crippen LogP contribution in [-0.2, 0) is 4.79 Å². The van der Waals surface area contributed by atoms with E-state index >= 15 is 0 Å². The van der Waals surface area contributed by atoms with Gasteiger partial charge in [0.2, 0.25) is 5.91 Å². The molecule has 2 unspecified atom stereocenters. The summed E-state index contributed by atoms with van der Waals surface area (Å²) in [6.07, 6.45) is 7.11. The van der Waals surface area contributed by atoms with Gasteiger partial charge in [0.1, 0.15) is 0 Å². The van der Waals surface area contributed by atoms with Crippen LogP contribution < -0.4 is 16.4 Å². The number of likely N-dealkylation sites (tertiary alicyclic amines) is 1. The number of nitrogens with two attached hydrogens (primary N) is 1. The van der Waals surface area contributed by atoms with Gasteiger partial charge >= 0.3 is 6.03 Å². The summed E-state index contributed by atoms with van der Waals surface area (Å²) in [7, 11) is 0. The van der Waals surface area contributed by atoms with Gasteiger partial charge in [-0.2, -0.15) is 0 Å². The number of nitrogens with zero attached hydrogens (tertiary/aromatic N) is 1. The smallest absolute Gasteiger partial charge is 0.317 e. The number of hydrogen-bond donors (Lipinski definition) is 3. The molecule has 0 spiro atoms. The van der Waals surface area contributed by atoms with Gasteiger partial charge in [-0.15, -0.1) is 0 Å². The van der Waals surface area contributed by atoms with Crippen molar-refractivity contribution in [3.05, 3.63) is 0 Å². The molecule has 0 aromatic rings. The molecular formula is C16H30N4O2. The normalized spacial score (nSPS) is 24.1. The Morgan fingerprint density at radius 1 is 1.23 bits per heavy atom. The second-order valence-electron chi connectivity index (χ2n) is 6.77. The molecule has 6 heteroatoms. The topological polar surface area (TPSA) is 87.5 Å². The highest BCUT2D eigenvalue weighted by molar-refractivity contribution is 5.80. The molecule has 1 aliphatic heterocycles. The van der Waals surface area contributed by atoms with Crippen molar-refractivity contribution in [1.29, 1.82) is 0 Å². The Bertz CT molecular complexity index is 380. The fourth-order valence-electron chi connectivity index (χ4n) is 3.28. The molecular weight excluding hydrogens is 280 g/mol. The van der Waals surface area contributed by atoms with E-state index in [2.05, 4.69) is 10.6 Å². The van der Waals surface area contributed by atoms with E-state index in [0.717, 1.165) is 38.6 Å². The molecule has 0 radical (unpaired) electrons. The van der Waals surface area contributed by atoms with Gasteiger partial charge in [-0.1, -0.05) is 12.8 Å². The van der Waals surface area contributed by atoms with E-state index in [4.69, 9.17) is 5.73 Å². The first-order valence-electron chi connectivity index (χ1n) is 8.65. The second-order valence-corrected chi connectivity index (χ2v) is 6.77. The van der Waals surface area contributed by atoms with Gasteiger partial charge in [0, 0.05) is 31.7 Å². The largest absolute Gasteiger partial charge is 0.356 e. The van der Waals surface area contributed by atoms with Crippen LogP contribution in [0.2, 0.25) is 0 Å². The SMILES string of the molecule is CC(N)CCNC(=O)C1CCCN(C(=O)NC2CCCC2)C1. The number of amides is 3. The monoisotopic (exact) mass is 310 g/mol. The molecule has 1 saturated carbocycles. The van der Waals surface area contributed by atoms with E-state index in [1.807, 2.05) is 6.92 Å². The predicted molar refractivity (Wildman–Crippen MR) is 86.4 cm³/mol. The van der Waals surface area contributed by atoms with Gasteiger partial charge in [-0.3, -0.25) is 4.79 Å². The molecule has 3 amide bonds. The first-order chi connectivity index (χ1) is 10.6. The summed E-state index contributed by atoms with van der Waals surface area (Å²) in [5.41, 5.74) is 5.68. The second kappa shape index (κ2) is 8.36. The van der Waals surface area contributed by atoms with Crippen LogP contribution in [0.3, 0.4) is 0 Å². The quantitative estimate of drug-likeness (QED) is 0.713. The van der Waals surface area contributed by atoms with Crippen molar-refractivity contribution in [3.8, 4) is 0 Å². The first-order valence-corrected chi connectivity index (χ1v) is 8.65. The highest BCUT2D eigenvalue weighted by Gasteiger charge is 2.29. The Balaban J connectivity index is 1.75. The molecule has 2 atom stereocenters. The fraction of sp³-hybridized carbons (Fsp3) is 0.875. The van der Waals surface area contributed by atoms with Crippen LogP contribution in [0.1, 0.15) is 51.9 Å². The average molecular weight is 310 g/mol. The fourth-order valence-corrected chi connectivity index (χ4v) is 3.28. The molecule has 22 heavy (non-hydrogen) atoms. The molecule has 1 heterocycles. The molecule has 2 fully saturated rings. The zero-order chi connectivity index (χ0) is 15.9. The maximum Gasteiger partial charge on any atom is 0.317 e. The lowest BCUT2D eigenvalue weighted by Crippen LogP contribution is -2.50. The lowest BCUT2D eigenvalue weighted by Gasteiger charge is -2.33. The highest BCUT2D eigenvalue weighted by atomic mass is 16.2. The van der Waals surface area contributed by atoms with Gasteiger partial charge in [0.05, 0.1) is 5.92 Å². The van der Waals surface area contributed by atoms with Crippen molar-refractivity contribution in [3.63, 3.8) is 0 Å². The molecule has 0 aromatic heterocycles. The van der Waals surface area contributed by atoms with E-state index in [9.17, 15) is 9.59 Å². The highest BCUT2D eigenvalue weighted by Crippen LogP contribution is 2.20. The summed E-state index contributed by atoms with van der Waals surface area (Å²) in [6, 6.07) is 0.424. The number of carbonyl (C=O) groups is 2. The molecule has 0 aromatic carbocycles. The van der Waals surface area contributed by atoms with Gasteiger partial charge in [0.25, 0.3) is 0 Å². The molecule has 6 nitrogen and oxygen atoms in total. The van der Waals surface area contributed by atoms with Crippen LogP contribution >= 0.6 is 0 Å². The minimum atomic E-state index is -0.0869. The third-order valence-corrected chi connectivity index (χ3v) is 4.66. The van der Waals surface area contributed by atoms with Gasteiger partial charge in [0.15, 0.2) is 0 Å². The Morgan fingerprint density at radius 3 is 2.64 bits per heavy atom. The summed E-state index contributed by atoms with van der Waals surface area (Å²) >= 11 is 0. The number of piperidine rings is 1. The summed E-state index contributed by atoms with van der Waals surface area (Å²) < 4.78 is 0. The molecule has 0 bridgehead atoms. The van der Waals surface area contributed by atoms with Crippen molar-refractivity contribution < 1.29 is 9.59 Å². The van der Waals surface area contributed by atoms with E-state index in [1.165, 1.54) is 12.8 Å². The Hall–Kier alpha value is -1.30. The van der Waals surface area contributed by atoms with Crippen molar-refractivity contribution >= 4 is 11.9 Å². The van der Waals surface area contributed by atoms with Gasteiger partial charge in [-0.05, 0) is 39.0 Å². The van der Waals surface area contributed by atoms with Crippen molar-refractivity contribution in [1.82, 2.24) is 15.5 Å². The van der Waals surface area contributed by atoms with E-state index < -0.39 is 0 Å². The van der Waals surface area contributed by atoms with Crippen LogP contribution in [0.5, 0.6) is 0 Å². The number of carbonyl (C=O) groups excluding carboxylic acids is 2. The average Bonchev–Trinajstić information content (AvgIpc) is 3.00. The van der Waals surface area contributed by atoms with E-state index in [1.54, 1.807) is 4.90 Å². The van der Waals surface area contributed by atoms with Gasteiger partial charge < -0.3 is 21.3 Å². The molecule has 2 aliphatic rings. The van der Waals surface area contributed by atoms with Gasteiger partial charge in [-0.25, -0.2) is 4.79 Å². The minimum absolute atomic E-state index is 0.0000181. The maximum atomic E-state index is 12.3. The lowest BCUT2D eigenvalue weighted by molar-refractivity contribution is -0.126. The Labute approximate surface area is 133 Å².